The van der Waals surface area contributed by atoms with Gasteiger partial charge in [-0.1, -0.05) is 101 Å². The SMILES string of the molecule is CCCc1cc(CCC)[c-](CCC)c1.CC[N-]CC.CC[N-]CC.CC[N-]CC.[Zr+4]. The summed E-state index contributed by atoms with van der Waals surface area (Å²) >= 11 is 0. The topological polar surface area (TPSA) is 42.3 Å². The smallest absolute Gasteiger partial charge is 0.663 e. The second-order valence-corrected chi connectivity index (χ2v) is 6.73. The van der Waals surface area contributed by atoms with Crippen LogP contribution in [0.5, 0.6) is 0 Å². The summed E-state index contributed by atoms with van der Waals surface area (Å²) in [5.74, 6) is 0. The molecule has 0 spiro atoms. The molecule has 0 aliphatic heterocycles. The Hall–Kier alpha value is 0.113. The Balaban J connectivity index is -0.000000176. The van der Waals surface area contributed by atoms with E-state index in [4.69, 9.17) is 0 Å². The first-order valence-corrected chi connectivity index (χ1v) is 12.2. The standard InChI is InChI=1S/C14H23.3C4H10N.Zr/c1-4-7-12-10-13(8-5-2)14(11-12)9-6-3;3*1-3-5-4-2;/h10-11H,4-9H2,1-3H3;3*3-4H2,1-2H3;/q4*-1;+4. The maximum absolute atomic E-state index is 3.97. The van der Waals surface area contributed by atoms with Gasteiger partial charge in [0.25, 0.3) is 0 Å². The summed E-state index contributed by atoms with van der Waals surface area (Å²) in [6.45, 7) is 24.9. The summed E-state index contributed by atoms with van der Waals surface area (Å²) in [6, 6.07) is 4.86. The van der Waals surface area contributed by atoms with Crippen LogP contribution in [0.1, 0.15) is 98.3 Å². The zero-order valence-electron chi connectivity index (χ0n) is 22.0. The van der Waals surface area contributed by atoms with Gasteiger partial charge in [-0.15, -0.1) is 0 Å². The third-order valence-corrected chi connectivity index (χ3v) is 4.05. The number of rotatable bonds is 12. The van der Waals surface area contributed by atoms with Crippen LogP contribution in [-0.2, 0) is 45.5 Å². The maximum atomic E-state index is 3.97. The normalized spacial score (nSPS) is 9.23. The van der Waals surface area contributed by atoms with Crippen LogP contribution in [-0.4, -0.2) is 39.3 Å². The van der Waals surface area contributed by atoms with E-state index in [1.54, 1.807) is 16.7 Å². The second-order valence-electron chi connectivity index (χ2n) is 6.73. The fourth-order valence-electron chi connectivity index (χ4n) is 2.78. The summed E-state index contributed by atoms with van der Waals surface area (Å²) in [7, 11) is 0. The van der Waals surface area contributed by atoms with E-state index in [9.17, 15) is 0 Å². The minimum Gasteiger partial charge on any atom is -0.663 e. The van der Waals surface area contributed by atoms with Crippen molar-refractivity contribution in [3.8, 4) is 0 Å². The molecular formula is C26H53N3Zr. The van der Waals surface area contributed by atoms with Gasteiger partial charge in [0.1, 0.15) is 0 Å². The molecule has 0 aromatic heterocycles. The van der Waals surface area contributed by atoms with E-state index in [0.29, 0.717) is 0 Å². The molecule has 0 heterocycles. The molecular weight excluding hydrogens is 446 g/mol. The van der Waals surface area contributed by atoms with E-state index in [0.717, 1.165) is 39.3 Å². The quantitative estimate of drug-likeness (QED) is 0.259. The van der Waals surface area contributed by atoms with Crippen LogP contribution in [0.2, 0.25) is 0 Å². The number of nitrogens with zero attached hydrogens (tertiary/aromatic N) is 3. The predicted molar refractivity (Wildman–Crippen MR) is 137 cm³/mol. The average molecular weight is 499 g/mol. The van der Waals surface area contributed by atoms with Crippen LogP contribution in [0.4, 0.5) is 0 Å². The monoisotopic (exact) mass is 497 g/mol. The molecule has 1 aromatic carbocycles. The van der Waals surface area contributed by atoms with Gasteiger partial charge in [-0.05, 0) is 0 Å². The molecule has 0 unspecified atom stereocenters. The van der Waals surface area contributed by atoms with Gasteiger partial charge in [-0.3, -0.25) is 0 Å². The number of hydrogen-bond acceptors (Lipinski definition) is 0. The van der Waals surface area contributed by atoms with Crippen molar-refractivity contribution in [2.45, 2.75) is 101 Å². The molecule has 0 atom stereocenters. The van der Waals surface area contributed by atoms with Gasteiger partial charge in [-0.25, -0.2) is 6.07 Å². The molecule has 0 N–H and O–H groups in total. The minimum atomic E-state index is 0. The fourth-order valence-corrected chi connectivity index (χ4v) is 2.78. The van der Waals surface area contributed by atoms with E-state index in [1.165, 1.54) is 38.5 Å². The van der Waals surface area contributed by atoms with E-state index < -0.39 is 0 Å². The van der Waals surface area contributed by atoms with Crippen molar-refractivity contribution in [2.75, 3.05) is 39.3 Å². The third-order valence-electron chi connectivity index (χ3n) is 4.05. The van der Waals surface area contributed by atoms with Gasteiger partial charge < -0.3 is 16.0 Å². The zero-order valence-corrected chi connectivity index (χ0v) is 24.4. The van der Waals surface area contributed by atoms with Crippen LogP contribution < -0.4 is 0 Å². The van der Waals surface area contributed by atoms with Crippen LogP contribution >= 0.6 is 0 Å². The fraction of sp³-hybridized carbons (Fsp3) is 0.808. The van der Waals surface area contributed by atoms with E-state index >= 15 is 0 Å². The maximum Gasteiger partial charge on any atom is 4.00 e. The Morgan fingerprint density at radius 3 is 1.27 bits per heavy atom. The van der Waals surface area contributed by atoms with Gasteiger partial charge in [0.2, 0.25) is 0 Å². The van der Waals surface area contributed by atoms with Crippen molar-refractivity contribution in [1.82, 2.24) is 0 Å². The molecule has 0 saturated heterocycles. The van der Waals surface area contributed by atoms with Gasteiger partial charge in [-0.2, -0.15) is 62.0 Å². The number of aryl methyl sites for hydroxylation is 3. The summed E-state index contributed by atoms with van der Waals surface area (Å²) < 4.78 is 0. The van der Waals surface area contributed by atoms with Crippen LogP contribution in [0.3, 0.4) is 0 Å². The average Bonchev–Trinajstić information content (AvgIpc) is 3.07. The zero-order chi connectivity index (χ0) is 22.8. The molecule has 0 aliphatic carbocycles. The molecule has 1 rings (SSSR count). The molecule has 4 heteroatoms. The molecule has 176 valence electrons. The molecule has 1 aromatic rings. The van der Waals surface area contributed by atoms with Gasteiger partial charge in [0, 0.05) is 0 Å². The minimum absolute atomic E-state index is 0. The third kappa shape index (κ3) is 28.1. The Morgan fingerprint density at radius 2 is 1.00 bits per heavy atom. The summed E-state index contributed by atoms with van der Waals surface area (Å²) in [4.78, 5) is 0. The van der Waals surface area contributed by atoms with Crippen molar-refractivity contribution in [2.24, 2.45) is 0 Å². The molecule has 30 heavy (non-hydrogen) atoms. The Bertz CT molecular complexity index is 348. The molecule has 0 saturated carbocycles. The Labute approximate surface area is 210 Å². The van der Waals surface area contributed by atoms with E-state index in [-0.39, 0.29) is 26.2 Å². The molecule has 0 aliphatic rings. The first-order chi connectivity index (χ1) is 14.1. The van der Waals surface area contributed by atoms with Crippen LogP contribution in [0.15, 0.2) is 12.1 Å². The first kappa shape index (κ1) is 37.4. The van der Waals surface area contributed by atoms with E-state index in [2.05, 4.69) is 48.9 Å². The summed E-state index contributed by atoms with van der Waals surface area (Å²) in [6.07, 6.45) is 7.58. The van der Waals surface area contributed by atoms with Crippen molar-refractivity contribution < 1.29 is 26.2 Å². The largest absolute Gasteiger partial charge is 4.00 e. The molecule has 0 bridgehead atoms. The van der Waals surface area contributed by atoms with Crippen molar-refractivity contribution >= 4 is 0 Å². The second kappa shape index (κ2) is 33.7. The van der Waals surface area contributed by atoms with Crippen molar-refractivity contribution in [3.05, 3.63) is 44.8 Å². The van der Waals surface area contributed by atoms with E-state index in [1.807, 2.05) is 41.5 Å². The molecule has 0 amide bonds. The Kier molecular flexibility index (Phi) is 42.1. The van der Waals surface area contributed by atoms with Gasteiger partial charge >= 0.3 is 26.2 Å². The summed E-state index contributed by atoms with van der Waals surface area (Å²) in [5, 5.41) is 11.9. The summed E-state index contributed by atoms with van der Waals surface area (Å²) in [5.41, 5.74) is 4.77. The number of hydrogen-bond donors (Lipinski definition) is 0. The van der Waals surface area contributed by atoms with Crippen LogP contribution in [0, 0.1) is 0 Å². The van der Waals surface area contributed by atoms with Gasteiger partial charge in [0.05, 0.1) is 0 Å². The Morgan fingerprint density at radius 1 is 0.600 bits per heavy atom. The first-order valence-electron chi connectivity index (χ1n) is 12.2. The molecule has 0 fully saturated rings. The predicted octanol–water partition coefficient (Wildman–Crippen LogP) is 8.46. The molecule has 0 radical (unpaired) electrons. The van der Waals surface area contributed by atoms with Crippen LogP contribution in [0.25, 0.3) is 16.0 Å². The molecule has 3 nitrogen and oxygen atoms in total. The van der Waals surface area contributed by atoms with Crippen molar-refractivity contribution in [3.63, 3.8) is 0 Å². The van der Waals surface area contributed by atoms with Gasteiger partial charge in [0.15, 0.2) is 0 Å². The van der Waals surface area contributed by atoms with Crippen molar-refractivity contribution in [1.29, 1.82) is 0 Å².